The fourth-order valence-electron chi connectivity index (χ4n) is 1.78. The molecule has 4 heteroatoms. The Morgan fingerprint density at radius 3 is 3.06 bits per heavy atom. The van der Waals surface area contributed by atoms with Gasteiger partial charge in [-0.2, -0.15) is 0 Å². The molecular weight excluding hydrogens is 200 g/mol. The maximum atomic E-state index is 4.29. The molecule has 16 heavy (non-hydrogen) atoms. The van der Waals surface area contributed by atoms with Gasteiger partial charge in [0, 0.05) is 30.0 Å². The van der Waals surface area contributed by atoms with Crippen LogP contribution in [0.25, 0.3) is 10.8 Å². The number of rotatable bonds is 1. The maximum Gasteiger partial charge on any atom is 0.195 e. The lowest BCUT2D eigenvalue weighted by molar-refractivity contribution is 0.959. The van der Waals surface area contributed by atoms with E-state index in [2.05, 4.69) is 32.7 Å². The minimum Gasteiger partial charge on any atom is -0.354 e. The summed E-state index contributed by atoms with van der Waals surface area (Å²) < 4.78 is 0. The van der Waals surface area contributed by atoms with Gasteiger partial charge in [0.2, 0.25) is 0 Å². The first-order valence-corrected chi connectivity index (χ1v) is 5.31. The van der Waals surface area contributed by atoms with Crippen molar-refractivity contribution in [1.82, 2.24) is 10.3 Å². The number of aromatic nitrogens is 1. The summed E-state index contributed by atoms with van der Waals surface area (Å²) in [5.74, 6) is 0.850. The van der Waals surface area contributed by atoms with Gasteiger partial charge in [0.25, 0.3) is 0 Å². The first-order valence-electron chi connectivity index (χ1n) is 5.31. The molecule has 2 heterocycles. The zero-order valence-electron chi connectivity index (χ0n) is 8.77. The maximum absolute atomic E-state index is 4.29. The molecule has 0 atom stereocenters. The van der Waals surface area contributed by atoms with Crippen molar-refractivity contribution in [3.63, 3.8) is 0 Å². The molecule has 0 bridgehead atoms. The van der Waals surface area contributed by atoms with Crippen LogP contribution in [0.2, 0.25) is 0 Å². The zero-order valence-corrected chi connectivity index (χ0v) is 8.77. The summed E-state index contributed by atoms with van der Waals surface area (Å²) >= 11 is 0. The Hall–Kier alpha value is -2.10. The van der Waals surface area contributed by atoms with Gasteiger partial charge in [-0.1, -0.05) is 6.07 Å². The van der Waals surface area contributed by atoms with E-state index < -0.39 is 0 Å². The highest BCUT2D eigenvalue weighted by atomic mass is 15.2. The minimum absolute atomic E-state index is 0.845. The van der Waals surface area contributed by atoms with E-state index >= 15 is 0 Å². The lowest BCUT2D eigenvalue weighted by Crippen LogP contribution is -2.26. The summed E-state index contributed by atoms with van der Waals surface area (Å²) in [6, 6.07) is 8.20. The fourth-order valence-corrected chi connectivity index (χ4v) is 1.78. The molecule has 0 saturated heterocycles. The number of hydrogen-bond donors (Lipinski definition) is 2. The fraction of sp³-hybridized carbons (Fsp3) is 0.167. The second-order valence-corrected chi connectivity index (χ2v) is 3.72. The van der Waals surface area contributed by atoms with Crippen molar-refractivity contribution in [2.24, 2.45) is 4.99 Å². The Labute approximate surface area is 93.4 Å². The first kappa shape index (κ1) is 9.15. The van der Waals surface area contributed by atoms with Crippen molar-refractivity contribution in [2.75, 3.05) is 18.4 Å². The van der Waals surface area contributed by atoms with Gasteiger partial charge in [0.15, 0.2) is 5.96 Å². The van der Waals surface area contributed by atoms with Gasteiger partial charge in [-0.3, -0.25) is 9.98 Å². The highest BCUT2D eigenvalue weighted by Crippen LogP contribution is 2.17. The van der Waals surface area contributed by atoms with Crippen LogP contribution >= 0.6 is 0 Å². The molecular formula is C12H12N4. The molecule has 80 valence electrons. The second kappa shape index (κ2) is 3.81. The highest BCUT2D eigenvalue weighted by molar-refractivity contribution is 5.96. The summed E-state index contributed by atoms with van der Waals surface area (Å²) in [6.45, 7) is 1.76. The van der Waals surface area contributed by atoms with Crippen LogP contribution in [0.4, 0.5) is 5.69 Å². The third-order valence-corrected chi connectivity index (χ3v) is 2.58. The van der Waals surface area contributed by atoms with Gasteiger partial charge >= 0.3 is 0 Å². The molecule has 1 aliphatic heterocycles. The monoisotopic (exact) mass is 212 g/mol. The van der Waals surface area contributed by atoms with E-state index in [1.807, 2.05) is 18.3 Å². The molecule has 0 spiro atoms. The molecule has 2 aromatic rings. The van der Waals surface area contributed by atoms with Gasteiger partial charge in [-0.05, 0) is 23.6 Å². The molecule has 1 aliphatic rings. The molecule has 1 aromatic carbocycles. The Bertz CT molecular complexity index is 547. The van der Waals surface area contributed by atoms with Crippen molar-refractivity contribution in [3.05, 3.63) is 36.7 Å². The molecule has 1 aromatic heterocycles. The van der Waals surface area contributed by atoms with Gasteiger partial charge < -0.3 is 10.6 Å². The lowest BCUT2D eigenvalue weighted by Gasteiger charge is -2.07. The van der Waals surface area contributed by atoms with Crippen molar-refractivity contribution in [2.45, 2.75) is 0 Å². The molecule has 4 nitrogen and oxygen atoms in total. The van der Waals surface area contributed by atoms with Gasteiger partial charge in [-0.25, -0.2) is 0 Å². The average Bonchev–Trinajstić information content (AvgIpc) is 2.82. The molecule has 0 saturated carbocycles. The SMILES string of the molecule is c1cc2ccc(NC3=NCCN3)cc2cn1. The third kappa shape index (κ3) is 1.69. The zero-order chi connectivity index (χ0) is 10.8. The number of benzene rings is 1. The van der Waals surface area contributed by atoms with Crippen molar-refractivity contribution in [3.8, 4) is 0 Å². The van der Waals surface area contributed by atoms with Gasteiger partial charge in [0.05, 0.1) is 6.54 Å². The number of anilines is 1. The van der Waals surface area contributed by atoms with E-state index in [0.29, 0.717) is 0 Å². The van der Waals surface area contributed by atoms with Gasteiger partial charge in [0.1, 0.15) is 0 Å². The summed E-state index contributed by atoms with van der Waals surface area (Å²) in [6.07, 6.45) is 3.67. The molecule has 3 rings (SSSR count). The van der Waals surface area contributed by atoms with Crippen LogP contribution < -0.4 is 10.6 Å². The molecule has 2 N–H and O–H groups in total. The van der Waals surface area contributed by atoms with E-state index in [0.717, 1.165) is 30.1 Å². The minimum atomic E-state index is 0.845. The Morgan fingerprint density at radius 1 is 1.19 bits per heavy atom. The number of nitrogens with one attached hydrogen (secondary N) is 2. The van der Waals surface area contributed by atoms with E-state index in [1.54, 1.807) is 6.20 Å². The van der Waals surface area contributed by atoms with Crippen LogP contribution in [-0.2, 0) is 0 Å². The summed E-state index contributed by atoms with van der Waals surface area (Å²) in [4.78, 5) is 8.40. The Kier molecular flexibility index (Phi) is 2.18. The van der Waals surface area contributed by atoms with Crippen LogP contribution in [0.3, 0.4) is 0 Å². The standard InChI is InChI=1S/C12H12N4/c1-2-11(16-12-14-5-6-15-12)7-10-8-13-4-3-9(1)10/h1-4,7-8H,5-6H2,(H2,14,15,16). The molecule has 0 aliphatic carbocycles. The van der Waals surface area contributed by atoms with E-state index in [-0.39, 0.29) is 0 Å². The van der Waals surface area contributed by atoms with Crippen molar-refractivity contribution in [1.29, 1.82) is 0 Å². The Morgan fingerprint density at radius 2 is 2.19 bits per heavy atom. The van der Waals surface area contributed by atoms with E-state index in [1.165, 1.54) is 5.39 Å². The average molecular weight is 212 g/mol. The molecule has 0 unspecified atom stereocenters. The normalized spacial score (nSPS) is 14.6. The number of pyridine rings is 1. The summed E-state index contributed by atoms with van der Waals surface area (Å²) in [7, 11) is 0. The number of nitrogens with zero attached hydrogens (tertiary/aromatic N) is 2. The molecule has 0 fully saturated rings. The number of hydrogen-bond acceptors (Lipinski definition) is 4. The number of fused-ring (bicyclic) bond motifs is 1. The molecule has 0 radical (unpaired) electrons. The topological polar surface area (TPSA) is 49.3 Å². The van der Waals surface area contributed by atoms with E-state index in [9.17, 15) is 0 Å². The number of aliphatic imine (C=N–C) groups is 1. The van der Waals surface area contributed by atoms with Crippen molar-refractivity contribution < 1.29 is 0 Å². The smallest absolute Gasteiger partial charge is 0.195 e. The predicted octanol–water partition coefficient (Wildman–Crippen LogP) is 1.61. The van der Waals surface area contributed by atoms with Crippen LogP contribution in [0.15, 0.2) is 41.7 Å². The number of guanidine groups is 1. The molecule has 0 amide bonds. The lowest BCUT2D eigenvalue weighted by atomic mass is 10.1. The highest BCUT2D eigenvalue weighted by Gasteiger charge is 2.04. The third-order valence-electron chi connectivity index (χ3n) is 2.58. The summed E-state index contributed by atoms with van der Waals surface area (Å²) in [5.41, 5.74) is 1.04. The predicted molar refractivity (Wildman–Crippen MR) is 65.7 cm³/mol. The quantitative estimate of drug-likeness (QED) is 0.755. The second-order valence-electron chi connectivity index (χ2n) is 3.72. The Balaban J connectivity index is 1.92. The summed E-state index contributed by atoms with van der Waals surface area (Å²) in [5, 5.41) is 8.75. The van der Waals surface area contributed by atoms with Crippen LogP contribution in [0.1, 0.15) is 0 Å². The van der Waals surface area contributed by atoms with Crippen molar-refractivity contribution >= 4 is 22.4 Å². The van der Waals surface area contributed by atoms with E-state index in [4.69, 9.17) is 0 Å². The van der Waals surface area contributed by atoms with Crippen LogP contribution in [0, 0.1) is 0 Å². The van der Waals surface area contributed by atoms with Crippen LogP contribution in [-0.4, -0.2) is 24.0 Å². The van der Waals surface area contributed by atoms with Crippen LogP contribution in [0.5, 0.6) is 0 Å². The first-order chi connectivity index (χ1) is 7.92. The van der Waals surface area contributed by atoms with Gasteiger partial charge in [-0.15, -0.1) is 0 Å². The largest absolute Gasteiger partial charge is 0.354 e.